The van der Waals surface area contributed by atoms with Gasteiger partial charge in [-0.15, -0.1) is 0 Å². The molecule has 3 rings (SSSR count). The highest BCUT2D eigenvalue weighted by atomic mass is 16.5. The number of carbonyl (C=O) groups excluding carboxylic acids is 2. The molecule has 124 valence electrons. The third-order valence-electron chi connectivity index (χ3n) is 4.63. The van der Waals surface area contributed by atoms with E-state index >= 15 is 0 Å². The Hall–Kier alpha value is -2.02. The summed E-state index contributed by atoms with van der Waals surface area (Å²) in [5, 5.41) is 2.66. The van der Waals surface area contributed by atoms with Crippen molar-refractivity contribution in [2.24, 2.45) is 0 Å². The molecule has 1 aliphatic carbocycles. The van der Waals surface area contributed by atoms with Gasteiger partial charge in [0.15, 0.2) is 0 Å². The average Bonchev–Trinajstić information content (AvgIpc) is 3.35. The van der Waals surface area contributed by atoms with Gasteiger partial charge in [0, 0.05) is 39.0 Å². The van der Waals surface area contributed by atoms with E-state index in [4.69, 9.17) is 4.74 Å². The van der Waals surface area contributed by atoms with Crippen molar-refractivity contribution >= 4 is 11.8 Å². The van der Waals surface area contributed by atoms with Crippen LogP contribution in [0.25, 0.3) is 0 Å². The zero-order valence-corrected chi connectivity index (χ0v) is 13.5. The maximum Gasteiger partial charge on any atom is 0.257 e. The number of likely N-dealkylation sites (tertiary alicyclic amines) is 1. The SMILES string of the molecule is CNC(=O)C1(COC)CCCN1C(=O)c1cnc(C2CC2)nc1. The van der Waals surface area contributed by atoms with Crippen molar-refractivity contribution in [1.82, 2.24) is 20.2 Å². The summed E-state index contributed by atoms with van der Waals surface area (Å²) in [5.74, 6) is 0.841. The third-order valence-corrected chi connectivity index (χ3v) is 4.63. The van der Waals surface area contributed by atoms with E-state index in [-0.39, 0.29) is 18.4 Å². The van der Waals surface area contributed by atoms with Gasteiger partial charge in [0.05, 0.1) is 12.2 Å². The predicted molar refractivity (Wildman–Crippen MR) is 83.0 cm³/mol. The first-order valence-corrected chi connectivity index (χ1v) is 7.97. The lowest BCUT2D eigenvalue weighted by Crippen LogP contribution is -2.59. The Labute approximate surface area is 135 Å². The monoisotopic (exact) mass is 318 g/mol. The molecule has 0 bridgehead atoms. The van der Waals surface area contributed by atoms with Crippen LogP contribution in [-0.4, -0.2) is 59.5 Å². The number of rotatable bonds is 5. The van der Waals surface area contributed by atoms with Crippen LogP contribution in [-0.2, 0) is 9.53 Å². The molecular formula is C16H22N4O3. The van der Waals surface area contributed by atoms with E-state index in [1.807, 2.05) is 0 Å². The molecule has 1 atom stereocenters. The standard InChI is InChI=1S/C16H22N4O3/c1-17-15(22)16(10-23-2)6-3-7-20(16)14(21)12-8-18-13(19-9-12)11-4-5-11/h8-9,11H,3-7,10H2,1-2H3,(H,17,22). The lowest BCUT2D eigenvalue weighted by molar-refractivity contribution is -0.133. The molecule has 2 aliphatic rings. The van der Waals surface area contributed by atoms with Crippen LogP contribution in [0.4, 0.5) is 0 Å². The second-order valence-corrected chi connectivity index (χ2v) is 6.21. The first-order chi connectivity index (χ1) is 11.1. The Kier molecular flexibility index (Phi) is 4.30. The summed E-state index contributed by atoms with van der Waals surface area (Å²) in [4.78, 5) is 35.5. The Morgan fingerprint density at radius 3 is 2.65 bits per heavy atom. The van der Waals surface area contributed by atoms with Crippen LogP contribution in [0.5, 0.6) is 0 Å². The highest BCUT2D eigenvalue weighted by molar-refractivity contribution is 5.99. The van der Waals surface area contributed by atoms with E-state index in [0.29, 0.717) is 24.4 Å². The largest absolute Gasteiger partial charge is 0.382 e. The summed E-state index contributed by atoms with van der Waals surface area (Å²) in [5.41, 5.74) is -0.531. The van der Waals surface area contributed by atoms with Crippen LogP contribution in [0.1, 0.15) is 47.8 Å². The smallest absolute Gasteiger partial charge is 0.257 e. The Balaban J connectivity index is 1.85. The maximum absolute atomic E-state index is 12.9. The minimum absolute atomic E-state index is 0.180. The first kappa shape index (κ1) is 15.9. The molecule has 1 aliphatic heterocycles. The molecule has 1 saturated heterocycles. The first-order valence-electron chi connectivity index (χ1n) is 7.97. The lowest BCUT2D eigenvalue weighted by atomic mass is 9.95. The van der Waals surface area contributed by atoms with Crippen LogP contribution >= 0.6 is 0 Å². The molecule has 2 amide bonds. The Morgan fingerprint density at radius 2 is 2.09 bits per heavy atom. The van der Waals surface area contributed by atoms with Crippen LogP contribution in [0.2, 0.25) is 0 Å². The second kappa shape index (κ2) is 6.23. The van der Waals surface area contributed by atoms with E-state index < -0.39 is 5.54 Å². The van der Waals surface area contributed by atoms with Gasteiger partial charge < -0.3 is 15.0 Å². The summed E-state index contributed by atoms with van der Waals surface area (Å²) >= 11 is 0. The lowest BCUT2D eigenvalue weighted by Gasteiger charge is -2.36. The maximum atomic E-state index is 12.9. The fraction of sp³-hybridized carbons (Fsp3) is 0.625. The highest BCUT2D eigenvalue weighted by Gasteiger charge is 2.49. The molecule has 1 aromatic rings. The number of amides is 2. The summed E-state index contributed by atoms with van der Waals surface area (Å²) in [7, 11) is 3.12. The van der Waals surface area contributed by atoms with Gasteiger partial charge in [-0.05, 0) is 25.7 Å². The summed E-state index contributed by atoms with van der Waals surface area (Å²) < 4.78 is 5.24. The highest BCUT2D eigenvalue weighted by Crippen LogP contribution is 2.37. The third kappa shape index (κ3) is 2.81. The van der Waals surface area contributed by atoms with Gasteiger partial charge in [0.1, 0.15) is 11.4 Å². The number of carbonyl (C=O) groups is 2. The van der Waals surface area contributed by atoms with Gasteiger partial charge in [0.25, 0.3) is 5.91 Å². The van der Waals surface area contributed by atoms with E-state index in [1.54, 1.807) is 31.5 Å². The molecule has 7 heteroatoms. The molecule has 1 unspecified atom stereocenters. The molecule has 23 heavy (non-hydrogen) atoms. The van der Waals surface area contributed by atoms with E-state index in [1.165, 1.54) is 0 Å². The fourth-order valence-electron chi connectivity index (χ4n) is 3.25. The van der Waals surface area contributed by atoms with Crippen molar-refractivity contribution in [3.8, 4) is 0 Å². The van der Waals surface area contributed by atoms with Crippen molar-refractivity contribution in [3.63, 3.8) is 0 Å². The zero-order valence-electron chi connectivity index (χ0n) is 13.5. The molecule has 2 fully saturated rings. The van der Waals surface area contributed by atoms with Gasteiger partial charge in [-0.3, -0.25) is 9.59 Å². The van der Waals surface area contributed by atoms with Crippen LogP contribution in [0, 0.1) is 0 Å². The van der Waals surface area contributed by atoms with Gasteiger partial charge in [-0.1, -0.05) is 0 Å². The number of nitrogens with zero attached hydrogens (tertiary/aromatic N) is 3. The topological polar surface area (TPSA) is 84.4 Å². The molecule has 1 aromatic heterocycles. The quantitative estimate of drug-likeness (QED) is 0.865. The average molecular weight is 318 g/mol. The molecular weight excluding hydrogens is 296 g/mol. The summed E-state index contributed by atoms with van der Waals surface area (Å²) in [6, 6.07) is 0. The van der Waals surface area contributed by atoms with E-state index in [9.17, 15) is 9.59 Å². The molecule has 0 radical (unpaired) electrons. The second-order valence-electron chi connectivity index (χ2n) is 6.21. The normalized spacial score (nSPS) is 23.8. The number of nitrogens with one attached hydrogen (secondary N) is 1. The fourth-order valence-corrected chi connectivity index (χ4v) is 3.25. The van der Waals surface area contributed by atoms with Crippen molar-refractivity contribution < 1.29 is 14.3 Å². The molecule has 0 spiro atoms. The molecule has 1 N–H and O–H groups in total. The predicted octanol–water partition coefficient (Wildman–Crippen LogP) is 0.721. The van der Waals surface area contributed by atoms with Crippen LogP contribution in [0.3, 0.4) is 0 Å². The zero-order chi connectivity index (χ0) is 16.4. The van der Waals surface area contributed by atoms with Crippen molar-refractivity contribution in [1.29, 1.82) is 0 Å². The molecule has 7 nitrogen and oxygen atoms in total. The number of hydrogen-bond donors (Lipinski definition) is 1. The molecule has 0 aromatic carbocycles. The van der Waals surface area contributed by atoms with Gasteiger partial charge in [0.2, 0.25) is 5.91 Å². The van der Waals surface area contributed by atoms with Crippen LogP contribution in [0.15, 0.2) is 12.4 Å². The summed E-state index contributed by atoms with van der Waals surface area (Å²) in [6.07, 6.45) is 6.74. The van der Waals surface area contributed by atoms with Gasteiger partial charge >= 0.3 is 0 Å². The van der Waals surface area contributed by atoms with Crippen LogP contribution < -0.4 is 5.32 Å². The van der Waals surface area contributed by atoms with Gasteiger partial charge in [-0.2, -0.15) is 0 Å². The number of aromatic nitrogens is 2. The van der Waals surface area contributed by atoms with Crippen molar-refractivity contribution in [2.75, 3.05) is 27.3 Å². The molecule has 2 heterocycles. The Bertz CT molecular complexity index is 600. The summed E-state index contributed by atoms with van der Waals surface area (Å²) in [6.45, 7) is 0.708. The molecule has 1 saturated carbocycles. The number of ether oxygens (including phenoxy) is 1. The minimum atomic E-state index is -0.949. The van der Waals surface area contributed by atoms with Crippen molar-refractivity contribution in [3.05, 3.63) is 23.8 Å². The number of hydrogen-bond acceptors (Lipinski definition) is 5. The van der Waals surface area contributed by atoms with E-state index in [2.05, 4.69) is 15.3 Å². The number of methoxy groups -OCH3 is 1. The van der Waals surface area contributed by atoms with Crippen molar-refractivity contribution in [2.45, 2.75) is 37.1 Å². The number of likely N-dealkylation sites (N-methyl/N-ethyl adjacent to an activating group) is 1. The Morgan fingerprint density at radius 1 is 1.39 bits per heavy atom. The van der Waals surface area contributed by atoms with Gasteiger partial charge in [-0.25, -0.2) is 9.97 Å². The van der Waals surface area contributed by atoms with E-state index in [0.717, 1.165) is 25.1 Å². The minimum Gasteiger partial charge on any atom is -0.382 e.